The molecule has 0 bridgehead atoms. The van der Waals surface area contributed by atoms with Gasteiger partial charge in [0.1, 0.15) is 6.04 Å². The van der Waals surface area contributed by atoms with Gasteiger partial charge in [-0.2, -0.15) is 0 Å². The number of carboxylic acids is 1. The van der Waals surface area contributed by atoms with Crippen molar-refractivity contribution < 1.29 is 14.7 Å². The third kappa shape index (κ3) is 3.80. The van der Waals surface area contributed by atoms with Crippen molar-refractivity contribution in [2.45, 2.75) is 38.3 Å². The fourth-order valence-corrected chi connectivity index (χ4v) is 2.40. The molecular weight excluding hydrogens is 260 g/mol. The summed E-state index contributed by atoms with van der Waals surface area (Å²) in [4.78, 5) is 30.0. The van der Waals surface area contributed by atoms with Crippen LogP contribution in [0.2, 0.25) is 0 Å². The molecule has 1 fully saturated rings. The summed E-state index contributed by atoms with van der Waals surface area (Å²) in [5.74, 6) is -0.817. The fraction of sp³-hybridized carbons (Fsp3) is 0.615. The van der Waals surface area contributed by atoms with Gasteiger partial charge in [-0.3, -0.25) is 4.79 Å². The minimum absolute atomic E-state index is 0.198. The molecule has 20 heavy (non-hydrogen) atoms. The molecule has 7 nitrogen and oxygen atoms in total. The van der Waals surface area contributed by atoms with Crippen LogP contribution in [0.3, 0.4) is 0 Å². The molecule has 1 aliphatic rings. The predicted octanol–water partition coefficient (Wildman–Crippen LogP) is -0.0903. The summed E-state index contributed by atoms with van der Waals surface area (Å²) in [5, 5.41) is 14.9. The van der Waals surface area contributed by atoms with Crippen molar-refractivity contribution in [2.24, 2.45) is 5.92 Å². The van der Waals surface area contributed by atoms with E-state index >= 15 is 0 Å². The number of hydrogen-bond donors (Lipinski definition) is 4. The number of imidazole rings is 1. The molecule has 1 aliphatic heterocycles. The molecule has 0 spiro atoms. The zero-order valence-electron chi connectivity index (χ0n) is 11.4. The molecular formula is C13H20N4O3. The van der Waals surface area contributed by atoms with Crippen molar-refractivity contribution in [1.82, 2.24) is 20.6 Å². The molecule has 1 amide bonds. The number of carbonyl (C=O) groups is 2. The summed E-state index contributed by atoms with van der Waals surface area (Å²) in [5.41, 5.74) is 0.683. The molecule has 2 rings (SSSR count). The average Bonchev–Trinajstić information content (AvgIpc) is 2.90. The Kier molecular flexibility index (Phi) is 4.73. The fourth-order valence-electron chi connectivity index (χ4n) is 2.40. The van der Waals surface area contributed by atoms with Crippen molar-refractivity contribution >= 4 is 11.9 Å². The van der Waals surface area contributed by atoms with Gasteiger partial charge in [0, 0.05) is 18.3 Å². The molecule has 0 aliphatic carbocycles. The minimum atomic E-state index is -1.04. The number of H-pyrrole nitrogens is 1. The maximum atomic E-state index is 12.1. The molecule has 4 N–H and O–H groups in total. The second kappa shape index (κ2) is 6.51. The largest absolute Gasteiger partial charge is 0.480 e. The highest BCUT2D eigenvalue weighted by atomic mass is 16.4. The quantitative estimate of drug-likeness (QED) is 0.603. The van der Waals surface area contributed by atoms with Crippen molar-refractivity contribution in [2.75, 3.05) is 6.54 Å². The maximum Gasteiger partial charge on any atom is 0.326 e. The van der Waals surface area contributed by atoms with Crippen LogP contribution in [0.5, 0.6) is 0 Å². The van der Waals surface area contributed by atoms with E-state index in [1.807, 2.05) is 0 Å². The van der Waals surface area contributed by atoms with E-state index in [9.17, 15) is 14.7 Å². The lowest BCUT2D eigenvalue weighted by Crippen LogP contribution is -2.53. The normalized spacial score (nSPS) is 24.1. The summed E-state index contributed by atoms with van der Waals surface area (Å²) in [6.45, 7) is 2.89. The highest BCUT2D eigenvalue weighted by Gasteiger charge is 2.28. The van der Waals surface area contributed by atoms with Gasteiger partial charge in [-0.1, -0.05) is 6.92 Å². The van der Waals surface area contributed by atoms with E-state index < -0.39 is 12.0 Å². The summed E-state index contributed by atoms with van der Waals surface area (Å²) in [6, 6.07) is -1.25. The number of aromatic nitrogens is 2. The Morgan fingerprint density at radius 3 is 3.00 bits per heavy atom. The molecule has 3 atom stereocenters. The van der Waals surface area contributed by atoms with E-state index in [0.29, 0.717) is 11.6 Å². The maximum absolute atomic E-state index is 12.1. The molecule has 0 saturated carbocycles. The molecule has 1 aromatic heterocycles. The third-order valence-electron chi connectivity index (χ3n) is 3.58. The Morgan fingerprint density at radius 2 is 2.40 bits per heavy atom. The van der Waals surface area contributed by atoms with Crippen LogP contribution in [0.15, 0.2) is 12.5 Å². The van der Waals surface area contributed by atoms with Crippen LogP contribution in [0.25, 0.3) is 0 Å². The molecule has 0 radical (unpaired) electrons. The average molecular weight is 280 g/mol. The van der Waals surface area contributed by atoms with Gasteiger partial charge in [-0.15, -0.1) is 0 Å². The Hall–Kier alpha value is -1.89. The number of rotatable bonds is 5. The summed E-state index contributed by atoms with van der Waals surface area (Å²) in [7, 11) is 0. The number of piperidine rings is 1. The Balaban J connectivity index is 1.93. The van der Waals surface area contributed by atoms with Crippen molar-refractivity contribution in [1.29, 1.82) is 0 Å². The standard InChI is InChI=1S/C13H20N4O3/c1-8-2-3-15-10(4-8)12(18)17-11(13(19)20)5-9-6-14-7-16-9/h6-8,10-11,15H,2-5H2,1H3,(H,14,16)(H,17,18)(H,19,20)/t8?,10?,11-/m0/s1. The zero-order chi connectivity index (χ0) is 14.5. The van der Waals surface area contributed by atoms with Gasteiger partial charge in [0.25, 0.3) is 0 Å². The molecule has 0 aromatic carbocycles. The van der Waals surface area contributed by atoms with Gasteiger partial charge in [-0.05, 0) is 25.3 Å². The highest BCUT2D eigenvalue weighted by Crippen LogP contribution is 2.15. The first kappa shape index (κ1) is 14.5. The van der Waals surface area contributed by atoms with Crippen LogP contribution in [0.1, 0.15) is 25.5 Å². The number of carboxylic acid groups (broad SMARTS) is 1. The van der Waals surface area contributed by atoms with Crippen LogP contribution >= 0.6 is 0 Å². The smallest absolute Gasteiger partial charge is 0.326 e. The van der Waals surface area contributed by atoms with E-state index in [2.05, 4.69) is 27.5 Å². The lowest BCUT2D eigenvalue weighted by molar-refractivity contribution is -0.142. The van der Waals surface area contributed by atoms with Gasteiger partial charge >= 0.3 is 5.97 Å². The summed E-state index contributed by atoms with van der Waals surface area (Å²) < 4.78 is 0. The van der Waals surface area contributed by atoms with Gasteiger partial charge in [-0.25, -0.2) is 9.78 Å². The number of carbonyl (C=O) groups excluding carboxylic acids is 1. The van der Waals surface area contributed by atoms with E-state index in [1.54, 1.807) is 6.20 Å². The molecule has 1 saturated heterocycles. The topological polar surface area (TPSA) is 107 Å². The van der Waals surface area contributed by atoms with Crippen molar-refractivity contribution in [3.8, 4) is 0 Å². The summed E-state index contributed by atoms with van der Waals surface area (Å²) in [6.07, 6.45) is 5.02. The second-order valence-corrected chi connectivity index (χ2v) is 5.32. The number of nitrogens with one attached hydrogen (secondary N) is 3. The van der Waals surface area contributed by atoms with E-state index in [0.717, 1.165) is 19.4 Å². The van der Waals surface area contributed by atoms with Crippen LogP contribution < -0.4 is 10.6 Å². The monoisotopic (exact) mass is 280 g/mol. The third-order valence-corrected chi connectivity index (χ3v) is 3.58. The van der Waals surface area contributed by atoms with Gasteiger partial charge in [0.05, 0.1) is 12.4 Å². The first-order valence-corrected chi connectivity index (χ1v) is 6.80. The number of aliphatic carboxylic acids is 1. The lowest BCUT2D eigenvalue weighted by atomic mass is 9.93. The zero-order valence-corrected chi connectivity index (χ0v) is 11.4. The number of amides is 1. The van der Waals surface area contributed by atoms with Crippen LogP contribution in [0.4, 0.5) is 0 Å². The van der Waals surface area contributed by atoms with Crippen molar-refractivity contribution in [3.05, 3.63) is 18.2 Å². The van der Waals surface area contributed by atoms with E-state index in [1.165, 1.54) is 6.33 Å². The first-order valence-electron chi connectivity index (χ1n) is 6.80. The second-order valence-electron chi connectivity index (χ2n) is 5.32. The van der Waals surface area contributed by atoms with E-state index in [4.69, 9.17) is 0 Å². The Bertz CT molecular complexity index is 460. The number of aromatic amines is 1. The van der Waals surface area contributed by atoms with Gasteiger partial charge in [0.15, 0.2) is 0 Å². The predicted molar refractivity (Wildman–Crippen MR) is 72.0 cm³/mol. The molecule has 2 heterocycles. The Morgan fingerprint density at radius 1 is 1.60 bits per heavy atom. The Labute approximate surface area is 117 Å². The summed E-state index contributed by atoms with van der Waals surface area (Å²) >= 11 is 0. The molecule has 110 valence electrons. The molecule has 1 aromatic rings. The van der Waals surface area contributed by atoms with Gasteiger partial charge in [0.2, 0.25) is 5.91 Å². The van der Waals surface area contributed by atoms with Crippen LogP contribution in [-0.4, -0.2) is 45.6 Å². The SMILES string of the molecule is CC1CCNC(C(=O)N[C@@H](Cc2cnc[nH]2)C(=O)O)C1. The van der Waals surface area contributed by atoms with Crippen LogP contribution in [-0.2, 0) is 16.0 Å². The first-order chi connectivity index (χ1) is 9.56. The number of hydrogen-bond acceptors (Lipinski definition) is 4. The van der Waals surface area contributed by atoms with Crippen LogP contribution in [0, 0.1) is 5.92 Å². The highest BCUT2D eigenvalue weighted by molar-refractivity contribution is 5.87. The lowest BCUT2D eigenvalue weighted by Gasteiger charge is -2.28. The number of nitrogens with zero attached hydrogens (tertiary/aromatic N) is 1. The molecule has 7 heteroatoms. The van der Waals surface area contributed by atoms with Crippen molar-refractivity contribution in [3.63, 3.8) is 0 Å². The molecule has 2 unspecified atom stereocenters. The minimum Gasteiger partial charge on any atom is -0.480 e. The van der Waals surface area contributed by atoms with Gasteiger partial charge < -0.3 is 20.7 Å². The van der Waals surface area contributed by atoms with E-state index in [-0.39, 0.29) is 18.4 Å².